The minimum atomic E-state index is 0.199. The van der Waals surface area contributed by atoms with Gasteiger partial charge in [-0.3, -0.25) is 4.79 Å². The molecule has 3 aliphatic rings. The van der Waals surface area contributed by atoms with Gasteiger partial charge in [-0.25, -0.2) is 0 Å². The Kier molecular flexibility index (Phi) is 2.89. The lowest BCUT2D eigenvalue weighted by atomic mass is 9.85. The van der Waals surface area contributed by atoms with Crippen molar-refractivity contribution in [1.29, 1.82) is 0 Å². The molecule has 3 atom stereocenters. The Bertz CT molecular complexity index is 311. The molecule has 17 heavy (non-hydrogen) atoms. The molecule has 0 aromatic carbocycles. The number of nitrogens with one attached hydrogen (secondary N) is 1. The topological polar surface area (TPSA) is 38.3 Å². The van der Waals surface area contributed by atoms with Crippen LogP contribution in [0.5, 0.6) is 0 Å². The van der Waals surface area contributed by atoms with Crippen LogP contribution in [0.2, 0.25) is 0 Å². The summed E-state index contributed by atoms with van der Waals surface area (Å²) < 4.78 is 5.19. The minimum absolute atomic E-state index is 0.199. The van der Waals surface area contributed by atoms with Crippen molar-refractivity contribution in [3.8, 4) is 0 Å². The number of carbonyl (C=O) groups excluding carboxylic acids is 1. The predicted molar refractivity (Wildman–Crippen MR) is 65.5 cm³/mol. The van der Waals surface area contributed by atoms with Crippen molar-refractivity contribution in [2.45, 2.75) is 39.0 Å². The molecule has 2 bridgehead atoms. The molecule has 0 aromatic heterocycles. The van der Waals surface area contributed by atoms with E-state index >= 15 is 0 Å². The Morgan fingerprint density at radius 2 is 2.18 bits per heavy atom. The van der Waals surface area contributed by atoms with Crippen LogP contribution in [-0.4, -0.2) is 25.7 Å². The summed E-state index contributed by atoms with van der Waals surface area (Å²) in [5.41, 5.74) is 0.199. The van der Waals surface area contributed by atoms with Gasteiger partial charge < -0.3 is 10.1 Å². The molecule has 3 fully saturated rings. The van der Waals surface area contributed by atoms with Crippen molar-refractivity contribution in [3.05, 3.63) is 0 Å². The molecule has 3 nitrogen and oxygen atoms in total. The lowest BCUT2D eigenvalue weighted by molar-refractivity contribution is -0.127. The molecule has 3 heteroatoms. The van der Waals surface area contributed by atoms with Crippen LogP contribution in [0.25, 0.3) is 0 Å². The number of fused-ring (bicyclic) bond motifs is 2. The third-order valence-corrected chi connectivity index (χ3v) is 4.95. The Morgan fingerprint density at radius 1 is 1.35 bits per heavy atom. The lowest BCUT2D eigenvalue weighted by Crippen LogP contribution is -2.48. The van der Waals surface area contributed by atoms with Crippen LogP contribution in [0, 0.1) is 23.2 Å². The maximum Gasteiger partial charge on any atom is 0.220 e. The summed E-state index contributed by atoms with van der Waals surface area (Å²) in [5.74, 6) is 2.73. The summed E-state index contributed by atoms with van der Waals surface area (Å²) in [6.45, 7) is 4.55. The van der Waals surface area contributed by atoms with E-state index in [-0.39, 0.29) is 11.3 Å². The van der Waals surface area contributed by atoms with Gasteiger partial charge >= 0.3 is 0 Å². The Balaban J connectivity index is 1.41. The quantitative estimate of drug-likeness (QED) is 0.811. The molecule has 1 N–H and O–H groups in total. The van der Waals surface area contributed by atoms with E-state index in [9.17, 15) is 4.79 Å². The van der Waals surface area contributed by atoms with Gasteiger partial charge in [0.25, 0.3) is 0 Å². The summed E-state index contributed by atoms with van der Waals surface area (Å²) >= 11 is 0. The molecule has 0 spiro atoms. The number of rotatable bonds is 4. The fourth-order valence-corrected chi connectivity index (χ4v) is 3.80. The zero-order valence-electron chi connectivity index (χ0n) is 10.7. The van der Waals surface area contributed by atoms with Gasteiger partial charge in [0, 0.05) is 18.4 Å². The summed E-state index contributed by atoms with van der Waals surface area (Å²) in [6, 6.07) is 0. The van der Waals surface area contributed by atoms with Crippen LogP contribution in [-0.2, 0) is 9.53 Å². The van der Waals surface area contributed by atoms with Crippen LogP contribution in [0.15, 0.2) is 0 Å². The van der Waals surface area contributed by atoms with E-state index in [1.807, 2.05) is 0 Å². The summed E-state index contributed by atoms with van der Waals surface area (Å²) in [6.07, 6.45) is 6.24. The fourth-order valence-electron chi connectivity index (χ4n) is 3.80. The number of hydrogen-bond acceptors (Lipinski definition) is 2. The first-order chi connectivity index (χ1) is 8.15. The highest BCUT2D eigenvalue weighted by atomic mass is 16.5. The highest BCUT2D eigenvalue weighted by Crippen LogP contribution is 2.49. The smallest absolute Gasteiger partial charge is 0.220 e. The zero-order valence-corrected chi connectivity index (χ0v) is 10.7. The van der Waals surface area contributed by atoms with E-state index < -0.39 is 0 Å². The number of carbonyl (C=O) groups is 1. The first kappa shape index (κ1) is 11.5. The van der Waals surface area contributed by atoms with Gasteiger partial charge in [0.05, 0.1) is 13.2 Å². The van der Waals surface area contributed by atoms with Crippen LogP contribution in [0.4, 0.5) is 0 Å². The minimum Gasteiger partial charge on any atom is -0.380 e. The first-order valence-corrected chi connectivity index (χ1v) is 6.99. The van der Waals surface area contributed by atoms with Gasteiger partial charge in [0.1, 0.15) is 0 Å². The maximum absolute atomic E-state index is 11.9. The summed E-state index contributed by atoms with van der Waals surface area (Å²) in [4.78, 5) is 11.9. The van der Waals surface area contributed by atoms with Crippen LogP contribution in [0.1, 0.15) is 39.0 Å². The Labute approximate surface area is 103 Å². The van der Waals surface area contributed by atoms with Gasteiger partial charge in [-0.15, -0.1) is 0 Å². The zero-order chi connectivity index (χ0) is 11.9. The average molecular weight is 237 g/mol. The Hall–Kier alpha value is -0.570. The van der Waals surface area contributed by atoms with E-state index in [0.29, 0.717) is 5.92 Å². The third-order valence-electron chi connectivity index (χ3n) is 4.95. The highest BCUT2D eigenvalue weighted by Gasteiger charge is 2.40. The van der Waals surface area contributed by atoms with Crippen molar-refractivity contribution in [2.24, 2.45) is 23.2 Å². The number of hydrogen-bond donors (Lipinski definition) is 1. The average Bonchev–Trinajstić information content (AvgIpc) is 2.85. The van der Waals surface area contributed by atoms with E-state index in [2.05, 4.69) is 12.2 Å². The van der Waals surface area contributed by atoms with Crippen molar-refractivity contribution in [3.63, 3.8) is 0 Å². The molecule has 0 aromatic rings. The molecule has 1 amide bonds. The lowest BCUT2D eigenvalue weighted by Gasteiger charge is -2.38. The second-order valence-corrected chi connectivity index (χ2v) is 6.72. The summed E-state index contributed by atoms with van der Waals surface area (Å²) in [7, 11) is 0. The molecule has 0 radical (unpaired) electrons. The van der Waals surface area contributed by atoms with Gasteiger partial charge in [0.2, 0.25) is 5.91 Å². The molecule has 1 heterocycles. The van der Waals surface area contributed by atoms with Gasteiger partial charge in [-0.05, 0) is 37.0 Å². The molecule has 3 unspecified atom stereocenters. The molecule has 2 saturated carbocycles. The third kappa shape index (κ3) is 2.35. The monoisotopic (exact) mass is 237 g/mol. The highest BCUT2D eigenvalue weighted by molar-refractivity contribution is 5.76. The molecule has 1 aliphatic heterocycles. The summed E-state index contributed by atoms with van der Waals surface area (Å²) in [5, 5.41) is 3.09. The molecule has 2 aliphatic carbocycles. The van der Waals surface area contributed by atoms with Crippen LogP contribution in [0.3, 0.4) is 0 Å². The first-order valence-electron chi connectivity index (χ1n) is 6.99. The largest absolute Gasteiger partial charge is 0.380 e. The van der Waals surface area contributed by atoms with E-state index in [4.69, 9.17) is 4.74 Å². The van der Waals surface area contributed by atoms with Crippen LogP contribution < -0.4 is 5.32 Å². The van der Waals surface area contributed by atoms with E-state index in [0.717, 1.165) is 38.0 Å². The maximum atomic E-state index is 11.9. The Morgan fingerprint density at radius 3 is 2.71 bits per heavy atom. The molecular formula is C14H23NO2. The second kappa shape index (κ2) is 4.27. The van der Waals surface area contributed by atoms with Crippen molar-refractivity contribution < 1.29 is 9.53 Å². The van der Waals surface area contributed by atoms with Gasteiger partial charge in [0.15, 0.2) is 0 Å². The number of amides is 1. The van der Waals surface area contributed by atoms with Crippen molar-refractivity contribution >= 4 is 5.91 Å². The molecule has 3 rings (SSSR count). The van der Waals surface area contributed by atoms with E-state index in [1.165, 1.54) is 25.7 Å². The van der Waals surface area contributed by atoms with Crippen molar-refractivity contribution in [1.82, 2.24) is 5.32 Å². The molecule has 96 valence electrons. The normalized spacial score (nSPS) is 37.8. The number of ether oxygens (including phenoxy) is 1. The molecular weight excluding hydrogens is 214 g/mol. The fraction of sp³-hybridized carbons (Fsp3) is 0.929. The molecule has 1 saturated heterocycles. The van der Waals surface area contributed by atoms with Crippen molar-refractivity contribution in [2.75, 3.05) is 19.8 Å². The SMILES string of the molecule is CC1(CNC(=O)CC2CC3CCC2C3)COC1. The second-order valence-electron chi connectivity index (χ2n) is 6.72. The standard InChI is InChI=1S/C14H23NO2/c1-14(8-17-9-14)7-15-13(16)6-12-5-10-2-3-11(12)4-10/h10-12H,2-9H2,1H3,(H,15,16). The van der Waals surface area contributed by atoms with Crippen LogP contribution >= 0.6 is 0 Å². The van der Waals surface area contributed by atoms with Gasteiger partial charge in [-0.2, -0.15) is 0 Å². The van der Waals surface area contributed by atoms with E-state index in [1.54, 1.807) is 0 Å². The predicted octanol–water partition coefficient (Wildman–Crippen LogP) is 1.97. The van der Waals surface area contributed by atoms with Gasteiger partial charge in [-0.1, -0.05) is 13.3 Å².